The summed E-state index contributed by atoms with van der Waals surface area (Å²) in [6.45, 7) is 7.47. The summed E-state index contributed by atoms with van der Waals surface area (Å²) in [6, 6.07) is 5.99. The van der Waals surface area contributed by atoms with Crippen LogP contribution in [0.3, 0.4) is 0 Å². The lowest BCUT2D eigenvalue weighted by Gasteiger charge is -2.38. The van der Waals surface area contributed by atoms with E-state index >= 15 is 0 Å². The highest BCUT2D eigenvalue weighted by Crippen LogP contribution is 2.34. The van der Waals surface area contributed by atoms with Gasteiger partial charge in [-0.25, -0.2) is 4.79 Å². The van der Waals surface area contributed by atoms with Crippen LogP contribution in [0.25, 0.3) is 10.9 Å². The second-order valence-electron chi connectivity index (χ2n) is 6.68. The molecule has 2 unspecified atom stereocenters. The maximum atomic E-state index is 12.6. The first-order valence-electron chi connectivity index (χ1n) is 8.98. The number of benzene rings is 1. The fourth-order valence-electron chi connectivity index (χ4n) is 3.50. The standard InChI is InChI=1S/C19H25N3O3/c1-4-21-12-15-10-14(7-8-16(15)20-21)17-9-6-13(3)11-22(17)18(23)19(24)25-5-2/h7-8,10,12-13,17H,4-6,9,11H2,1-3H3. The van der Waals surface area contributed by atoms with Crippen molar-refractivity contribution >= 4 is 22.8 Å². The van der Waals surface area contributed by atoms with Gasteiger partial charge in [-0.05, 0) is 50.3 Å². The Hall–Kier alpha value is -2.37. The van der Waals surface area contributed by atoms with Crippen LogP contribution in [0.15, 0.2) is 24.4 Å². The van der Waals surface area contributed by atoms with E-state index in [-0.39, 0.29) is 12.6 Å². The van der Waals surface area contributed by atoms with Gasteiger partial charge in [0.25, 0.3) is 0 Å². The molecule has 1 fully saturated rings. The minimum absolute atomic E-state index is 0.0949. The first kappa shape index (κ1) is 17.5. The van der Waals surface area contributed by atoms with Crippen LogP contribution >= 0.6 is 0 Å². The van der Waals surface area contributed by atoms with Crippen molar-refractivity contribution in [3.05, 3.63) is 30.0 Å². The van der Waals surface area contributed by atoms with Crippen molar-refractivity contribution in [3.63, 3.8) is 0 Å². The summed E-state index contributed by atoms with van der Waals surface area (Å²) in [5.41, 5.74) is 1.99. The molecule has 6 nitrogen and oxygen atoms in total. The van der Waals surface area contributed by atoms with Crippen molar-refractivity contribution in [1.82, 2.24) is 14.7 Å². The molecule has 2 atom stereocenters. The number of fused-ring (bicyclic) bond motifs is 1. The van der Waals surface area contributed by atoms with Gasteiger partial charge in [-0.15, -0.1) is 0 Å². The van der Waals surface area contributed by atoms with Crippen LogP contribution in [-0.4, -0.2) is 39.7 Å². The van der Waals surface area contributed by atoms with Gasteiger partial charge in [0.15, 0.2) is 0 Å². The minimum Gasteiger partial charge on any atom is -0.459 e. The molecular weight excluding hydrogens is 318 g/mol. The maximum Gasteiger partial charge on any atom is 0.397 e. The van der Waals surface area contributed by atoms with Crippen molar-refractivity contribution in [3.8, 4) is 0 Å². The predicted molar refractivity (Wildman–Crippen MR) is 94.9 cm³/mol. The third-order valence-corrected chi connectivity index (χ3v) is 4.81. The number of hydrogen-bond acceptors (Lipinski definition) is 4. The van der Waals surface area contributed by atoms with E-state index in [2.05, 4.69) is 25.0 Å². The van der Waals surface area contributed by atoms with Gasteiger partial charge in [0.2, 0.25) is 0 Å². The fourth-order valence-corrected chi connectivity index (χ4v) is 3.50. The van der Waals surface area contributed by atoms with Gasteiger partial charge >= 0.3 is 11.9 Å². The Kier molecular flexibility index (Phi) is 5.06. The number of aryl methyl sites for hydroxylation is 1. The van der Waals surface area contributed by atoms with E-state index < -0.39 is 11.9 Å². The van der Waals surface area contributed by atoms with Crippen LogP contribution in [0.1, 0.15) is 45.2 Å². The minimum atomic E-state index is -0.763. The summed E-state index contributed by atoms with van der Waals surface area (Å²) in [5, 5.41) is 5.56. The highest BCUT2D eigenvalue weighted by molar-refractivity contribution is 6.32. The van der Waals surface area contributed by atoms with Crippen LogP contribution < -0.4 is 0 Å². The summed E-state index contributed by atoms with van der Waals surface area (Å²) in [6.07, 6.45) is 3.89. The summed E-state index contributed by atoms with van der Waals surface area (Å²) in [5.74, 6) is -0.926. The second-order valence-corrected chi connectivity index (χ2v) is 6.68. The molecule has 0 radical (unpaired) electrons. The molecule has 134 valence electrons. The Balaban J connectivity index is 1.91. The average Bonchev–Trinajstić information content (AvgIpc) is 3.03. The molecule has 25 heavy (non-hydrogen) atoms. The lowest BCUT2D eigenvalue weighted by Crippen LogP contribution is -2.45. The molecule has 0 saturated carbocycles. The number of ether oxygens (including phenoxy) is 1. The summed E-state index contributed by atoms with van der Waals surface area (Å²) in [4.78, 5) is 26.2. The smallest absolute Gasteiger partial charge is 0.397 e. The largest absolute Gasteiger partial charge is 0.459 e. The Morgan fingerprint density at radius 1 is 1.28 bits per heavy atom. The Bertz CT molecular complexity index is 783. The molecular formula is C19H25N3O3. The molecule has 1 aliphatic heterocycles. The van der Waals surface area contributed by atoms with Crippen LogP contribution in [0.5, 0.6) is 0 Å². The number of amides is 1. The second kappa shape index (κ2) is 7.25. The number of carbonyl (C=O) groups is 2. The van der Waals surface area contributed by atoms with E-state index in [0.717, 1.165) is 35.9 Å². The van der Waals surface area contributed by atoms with Crippen molar-refractivity contribution in [1.29, 1.82) is 0 Å². The molecule has 1 aliphatic rings. The molecule has 1 aromatic carbocycles. The van der Waals surface area contributed by atoms with Crippen LogP contribution in [-0.2, 0) is 20.9 Å². The third kappa shape index (κ3) is 3.52. The van der Waals surface area contributed by atoms with Crippen LogP contribution in [0.2, 0.25) is 0 Å². The van der Waals surface area contributed by atoms with Crippen molar-refractivity contribution in [2.45, 2.75) is 46.2 Å². The first-order valence-corrected chi connectivity index (χ1v) is 8.98. The van der Waals surface area contributed by atoms with Gasteiger partial charge in [-0.3, -0.25) is 9.48 Å². The average molecular weight is 343 g/mol. The van der Waals surface area contributed by atoms with Crippen LogP contribution in [0, 0.1) is 5.92 Å². The molecule has 3 rings (SSSR count). The topological polar surface area (TPSA) is 64.4 Å². The number of hydrogen-bond donors (Lipinski definition) is 0. The van der Waals surface area contributed by atoms with E-state index in [1.807, 2.05) is 23.0 Å². The van der Waals surface area contributed by atoms with Gasteiger partial charge in [0.1, 0.15) is 0 Å². The molecule has 1 saturated heterocycles. The quantitative estimate of drug-likeness (QED) is 0.635. The van der Waals surface area contributed by atoms with Crippen molar-refractivity contribution < 1.29 is 14.3 Å². The van der Waals surface area contributed by atoms with Gasteiger partial charge < -0.3 is 9.64 Å². The number of piperidine rings is 1. The molecule has 1 amide bonds. The predicted octanol–water partition coefficient (Wildman–Crippen LogP) is 2.92. The zero-order valence-electron chi connectivity index (χ0n) is 15.1. The van der Waals surface area contributed by atoms with Gasteiger partial charge in [0.05, 0.1) is 18.2 Å². The van der Waals surface area contributed by atoms with E-state index in [1.165, 1.54) is 0 Å². The number of aromatic nitrogens is 2. The van der Waals surface area contributed by atoms with Crippen LogP contribution in [0.4, 0.5) is 0 Å². The number of nitrogens with zero attached hydrogens (tertiary/aromatic N) is 3. The highest BCUT2D eigenvalue weighted by Gasteiger charge is 2.35. The third-order valence-electron chi connectivity index (χ3n) is 4.81. The Labute approximate surface area is 147 Å². The zero-order chi connectivity index (χ0) is 18.0. The van der Waals surface area contributed by atoms with Gasteiger partial charge in [0, 0.05) is 24.7 Å². The molecule has 6 heteroatoms. The SMILES string of the molecule is CCOC(=O)C(=O)N1CC(C)CCC1c1ccc2nn(CC)cc2c1. The Morgan fingerprint density at radius 2 is 2.08 bits per heavy atom. The molecule has 2 aromatic rings. The number of esters is 1. The van der Waals surface area contributed by atoms with Crippen molar-refractivity contribution in [2.75, 3.05) is 13.2 Å². The zero-order valence-corrected chi connectivity index (χ0v) is 15.1. The van der Waals surface area contributed by atoms with E-state index in [4.69, 9.17) is 4.74 Å². The van der Waals surface area contributed by atoms with E-state index in [1.54, 1.807) is 11.8 Å². The Morgan fingerprint density at radius 3 is 2.80 bits per heavy atom. The number of likely N-dealkylation sites (tertiary alicyclic amines) is 1. The molecule has 1 aromatic heterocycles. The lowest BCUT2D eigenvalue weighted by molar-refractivity contribution is -0.162. The molecule has 0 aliphatic carbocycles. The van der Waals surface area contributed by atoms with E-state index in [9.17, 15) is 9.59 Å². The number of rotatable bonds is 3. The molecule has 0 N–H and O–H groups in total. The first-order chi connectivity index (χ1) is 12.0. The van der Waals surface area contributed by atoms with Gasteiger partial charge in [-0.2, -0.15) is 5.10 Å². The lowest BCUT2D eigenvalue weighted by atomic mass is 9.89. The fraction of sp³-hybridized carbons (Fsp3) is 0.526. The monoisotopic (exact) mass is 343 g/mol. The summed E-state index contributed by atoms with van der Waals surface area (Å²) in [7, 11) is 0. The number of carbonyl (C=O) groups excluding carboxylic acids is 2. The van der Waals surface area contributed by atoms with Gasteiger partial charge in [-0.1, -0.05) is 13.0 Å². The normalized spacial score (nSPS) is 20.7. The maximum absolute atomic E-state index is 12.6. The molecule has 2 heterocycles. The van der Waals surface area contributed by atoms with Crippen molar-refractivity contribution in [2.24, 2.45) is 5.92 Å². The molecule has 0 spiro atoms. The highest BCUT2D eigenvalue weighted by atomic mass is 16.5. The summed E-state index contributed by atoms with van der Waals surface area (Å²) >= 11 is 0. The van der Waals surface area contributed by atoms with E-state index in [0.29, 0.717) is 12.5 Å². The molecule has 0 bridgehead atoms. The summed E-state index contributed by atoms with van der Waals surface area (Å²) < 4.78 is 6.82.